The molecule has 0 unspecified atom stereocenters. The van der Waals surface area contributed by atoms with E-state index in [9.17, 15) is 9.59 Å². The second-order valence-electron chi connectivity index (χ2n) is 8.61. The fraction of sp³-hybridized carbons (Fsp3) is 0.375. The zero-order chi connectivity index (χ0) is 21.4. The number of carbonyl (C=O) groups excluding carboxylic acids is 1. The lowest BCUT2D eigenvalue weighted by Gasteiger charge is -2.43. The first kappa shape index (κ1) is 25.0. The van der Waals surface area contributed by atoms with Crippen LogP contribution in [-0.2, 0) is 17.9 Å². The summed E-state index contributed by atoms with van der Waals surface area (Å²) in [7, 11) is 1.81. The molecule has 176 valence electrons. The molecule has 2 bridgehead atoms. The number of fused-ring (bicyclic) bond motifs is 4. The summed E-state index contributed by atoms with van der Waals surface area (Å²) in [5.41, 5.74) is 2.06. The van der Waals surface area contributed by atoms with Crippen LogP contribution in [0.25, 0.3) is 0 Å². The highest BCUT2D eigenvalue weighted by Crippen LogP contribution is 2.39. The summed E-state index contributed by atoms with van der Waals surface area (Å²) in [6.45, 7) is 2.71. The summed E-state index contributed by atoms with van der Waals surface area (Å²) in [4.78, 5) is 32.6. The lowest BCUT2D eigenvalue weighted by atomic mass is 9.79. The number of nitrogens with one attached hydrogen (secondary N) is 1. The largest absolute Gasteiger partial charge is 0.336 e. The van der Waals surface area contributed by atoms with Crippen molar-refractivity contribution in [2.75, 3.05) is 20.1 Å². The number of likely N-dealkylation sites (N-methyl/N-ethyl adjacent to an activating group) is 1. The van der Waals surface area contributed by atoms with Crippen molar-refractivity contribution >= 4 is 30.7 Å². The van der Waals surface area contributed by atoms with Crippen molar-refractivity contribution in [2.45, 2.75) is 31.5 Å². The first-order chi connectivity index (χ1) is 15.1. The van der Waals surface area contributed by atoms with Gasteiger partial charge in [0.1, 0.15) is 11.9 Å². The molecule has 0 spiro atoms. The van der Waals surface area contributed by atoms with E-state index in [4.69, 9.17) is 0 Å². The zero-order valence-corrected chi connectivity index (χ0v) is 20.1. The Morgan fingerprint density at radius 1 is 1.12 bits per heavy atom. The number of halogens is 2. The minimum atomic E-state index is -0.477. The number of pyridine rings is 1. The molecule has 9 heteroatoms. The van der Waals surface area contributed by atoms with Crippen molar-refractivity contribution < 1.29 is 4.79 Å². The predicted octanol–water partition coefficient (Wildman–Crippen LogP) is 2.84. The quantitative estimate of drug-likeness (QED) is 0.597. The van der Waals surface area contributed by atoms with Gasteiger partial charge in [0.25, 0.3) is 5.56 Å². The monoisotopic (exact) mass is 489 g/mol. The summed E-state index contributed by atoms with van der Waals surface area (Å²) < 4.78 is 3.81. The molecule has 4 heterocycles. The minimum absolute atomic E-state index is 0. The fourth-order valence-electron chi connectivity index (χ4n) is 5.04. The minimum Gasteiger partial charge on any atom is -0.336 e. The van der Waals surface area contributed by atoms with Gasteiger partial charge in [0.05, 0.1) is 6.54 Å². The summed E-state index contributed by atoms with van der Waals surface area (Å²) >= 11 is 0. The molecule has 2 aliphatic heterocycles. The molecule has 0 saturated carbocycles. The molecule has 1 amide bonds. The molecule has 0 radical (unpaired) electrons. The van der Waals surface area contributed by atoms with Crippen LogP contribution in [-0.4, -0.2) is 45.1 Å². The van der Waals surface area contributed by atoms with Crippen LogP contribution in [0.15, 0.2) is 65.7 Å². The van der Waals surface area contributed by atoms with Gasteiger partial charge in [-0.15, -0.1) is 24.8 Å². The highest BCUT2D eigenvalue weighted by atomic mass is 35.5. The molecule has 7 nitrogen and oxygen atoms in total. The Labute approximate surface area is 205 Å². The molecule has 3 aromatic rings. The zero-order valence-electron chi connectivity index (χ0n) is 18.5. The van der Waals surface area contributed by atoms with Gasteiger partial charge in [-0.25, -0.2) is 4.98 Å². The van der Waals surface area contributed by atoms with Crippen LogP contribution >= 0.6 is 24.8 Å². The molecular weight excluding hydrogens is 461 g/mol. The maximum atomic E-state index is 13.6. The Balaban J connectivity index is 0.00000153. The van der Waals surface area contributed by atoms with Crippen molar-refractivity contribution in [3.8, 4) is 0 Å². The van der Waals surface area contributed by atoms with E-state index in [0.29, 0.717) is 13.1 Å². The van der Waals surface area contributed by atoms with E-state index in [1.807, 2.05) is 30.5 Å². The number of benzene rings is 1. The number of amides is 1. The molecule has 2 aromatic heterocycles. The lowest BCUT2D eigenvalue weighted by Crippen LogP contribution is -2.52. The van der Waals surface area contributed by atoms with Crippen LogP contribution < -0.4 is 10.9 Å². The van der Waals surface area contributed by atoms with E-state index in [1.165, 1.54) is 5.56 Å². The van der Waals surface area contributed by atoms with Crippen LogP contribution in [0.2, 0.25) is 0 Å². The third-order valence-corrected chi connectivity index (χ3v) is 6.55. The maximum Gasteiger partial charge on any atom is 0.251 e. The number of nitrogens with zero attached hydrogens (tertiary/aromatic N) is 4. The van der Waals surface area contributed by atoms with E-state index in [-0.39, 0.29) is 48.1 Å². The van der Waals surface area contributed by atoms with Gasteiger partial charge in [-0.3, -0.25) is 14.2 Å². The van der Waals surface area contributed by atoms with Crippen LogP contribution in [0.5, 0.6) is 0 Å². The topological polar surface area (TPSA) is 72.2 Å². The van der Waals surface area contributed by atoms with Gasteiger partial charge >= 0.3 is 0 Å². The number of rotatable bonds is 5. The van der Waals surface area contributed by atoms with Gasteiger partial charge in [0.15, 0.2) is 0 Å². The third kappa shape index (κ3) is 4.86. The Kier molecular flexibility index (Phi) is 8.00. The van der Waals surface area contributed by atoms with Crippen LogP contribution in [0.4, 0.5) is 0 Å². The predicted molar refractivity (Wildman–Crippen MR) is 132 cm³/mol. The lowest BCUT2D eigenvalue weighted by molar-refractivity contribution is -0.137. The molecule has 1 fully saturated rings. The van der Waals surface area contributed by atoms with Crippen LogP contribution in [0.3, 0.4) is 0 Å². The van der Waals surface area contributed by atoms with Gasteiger partial charge in [-0.1, -0.05) is 36.4 Å². The highest BCUT2D eigenvalue weighted by Gasteiger charge is 2.42. The summed E-state index contributed by atoms with van der Waals surface area (Å²) in [5, 5.41) is 3.45. The second kappa shape index (κ2) is 10.5. The first-order valence-corrected chi connectivity index (χ1v) is 10.8. The van der Waals surface area contributed by atoms with Crippen LogP contribution in [0, 0.1) is 5.92 Å². The molecular formula is C24H29Cl2N5O2. The average Bonchev–Trinajstić information content (AvgIpc) is 3.21. The van der Waals surface area contributed by atoms with Crippen molar-refractivity contribution in [2.24, 2.45) is 5.92 Å². The third-order valence-electron chi connectivity index (χ3n) is 6.55. The number of imidazole rings is 1. The standard InChI is InChI=1S/C24H27N5O2.2ClH/c1-27(16-21-26-10-11-28(21)15-17-6-3-2-4-7-17)24(31)23-19-12-18(13-25-14-19)20-8-5-9-22(30)29(20)23;;/h2-11,18-19,23,25H,12-16H2,1H3;2*1H/t18-,19+,23-;;/m1../s1. The number of hydrogen-bond donors (Lipinski definition) is 1. The smallest absolute Gasteiger partial charge is 0.251 e. The van der Waals surface area contributed by atoms with E-state index in [0.717, 1.165) is 31.0 Å². The van der Waals surface area contributed by atoms with Gasteiger partial charge in [-0.2, -0.15) is 0 Å². The number of aromatic nitrogens is 3. The van der Waals surface area contributed by atoms with Crippen molar-refractivity contribution in [3.63, 3.8) is 0 Å². The van der Waals surface area contributed by atoms with E-state index < -0.39 is 6.04 Å². The average molecular weight is 490 g/mol. The SMILES string of the molecule is CN(Cc1nccn1Cc1ccccc1)C(=O)[C@H]1[C@@H]2CNC[C@@H](C2)c2cccc(=O)n21.Cl.Cl. The van der Waals surface area contributed by atoms with Gasteiger partial charge < -0.3 is 14.8 Å². The Bertz CT molecular complexity index is 1150. The summed E-state index contributed by atoms with van der Waals surface area (Å²) in [6.07, 6.45) is 4.65. The van der Waals surface area contributed by atoms with Gasteiger partial charge in [-0.05, 0) is 18.1 Å². The molecule has 1 saturated heterocycles. The number of carbonyl (C=O) groups is 1. The van der Waals surface area contributed by atoms with Crippen molar-refractivity contribution in [1.29, 1.82) is 0 Å². The van der Waals surface area contributed by atoms with E-state index in [1.54, 1.807) is 34.8 Å². The number of hydrogen-bond acceptors (Lipinski definition) is 4. The molecule has 33 heavy (non-hydrogen) atoms. The summed E-state index contributed by atoms with van der Waals surface area (Å²) in [5.74, 6) is 1.20. The Morgan fingerprint density at radius 2 is 1.91 bits per heavy atom. The van der Waals surface area contributed by atoms with Crippen LogP contribution in [0.1, 0.15) is 35.5 Å². The Hall–Kier alpha value is -2.61. The Morgan fingerprint density at radius 3 is 2.70 bits per heavy atom. The fourth-order valence-corrected chi connectivity index (χ4v) is 5.04. The molecule has 2 aliphatic rings. The maximum absolute atomic E-state index is 13.6. The molecule has 1 aromatic carbocycles. The summed E-state index contributed by atoms with van der Waals surface area (Å²) in [6, 6.07) is 15.1. The molecule has 0 aliphatic carbocycles. The van der Waals surface area contributed by atoms with Crippen molar-refractivity contribution in [1.82, 2.24) is 24.3 Å². The molecule has 3 atom stereocenters. The first-order valence-electron chi connectivity index (χ1n) is 10.8. The molecule has 1 N–H and O–H groups in total. The van der Waals surface area contributed by atoms with E-state index >= 15 is 0 Å². The highest BCUT2D eigenvalue weighted by molar-refractivity contribution is 5.85. The number of piperidine rings is 1. The second-order valence-corrected chi connectivity index (χ2v) is 8.61. The molecule has 5 rings (SSSR count). The van der Waals surface area contributed by atoms with Crippen molar-refractivity contribution in [3.05, 3.63) is 88.4 Å². The van der Waals surface area contributed by atoms with Gasteiger partial charge in [0, 0.05) is 62.7 Å². The van der Waals surface area contributed by atoms with E-state index in [2.05, 4.69) is 27.0 Å². The van der Waals surface area contributed by atoms with Gasteiger partial charge in [0.2, 0.25) is 5.91 Å². The normalized spacial score (nSPS) is 20.7.